The molecule has 1 rings (SSSR count). The van der Waals surface area contributed by atoms with Gasteiger partial charge < -0.3 is 4.90 Å². The highest BCUT2D eigenvalue weighted by molar-refractivity contribution is 6.33. The largest absolute Gasteiger partial charge is 0.353 e. The van der Waals surface area contributed by atoms with Crippen LogP contribution in [0.15, 0.2) is 12.3 Å². The van der Waals surface area contributed by atoms with Gasteiger partial charge in [-0.3, -0.25) is 0 Å². The zero-order chi connectivity index (χ0) is 13.5. The average molecular weight is 289 g/mol. The van der Waals surface area contributed by atoms with Crippen molar-refractivity contribution in [2.24, 2.45) is 0 Å². The van der Waals surface area contributed by atoms with Crippen molar-refractivity contribution in [1.82, 2.24) is 4.98 Å². The highest BCUT2D eigenvalue weighted by Gasteiger charge is 2.17. The minimum Gasteiger partial charge on any atom is -0.353 e. The number of nitrogens with zero attached hydrogens (tertiary/aromatic N) is 2. The second kappa shape index (κ2) is 7.85. The van der Waals surface area contributed by atoms with E-state index in [9.17, 15) is 0 Å². The minimum absolute atomic E-state index is 0.448. The van der Waals surface area contributed by atoms with Gasteiger partial charge in [-0.05, 0) is 31.4 Å². The molecule has 4 heteroatoms. The van der Waals surface area contributed by atoms with Crippen LogP contribution in [-0.2, 0) is 5.88 Å². The van der Waals surface area contributed by atoms with Gasteiger partial charge >= 0.3 is 0 Å². The molecule has 1 aromatic heterocycles. The van der Waals surface area contributed by atoms with E-state index in [0.29, 0.717) is 16.9 Å². The standard InChI is InChI=1S/C14H22Cl2N2/c1-4-6-7-18(11(3)5-2)14-13(16)8-12(9-15)10-17-14/h8,10-11H,4-7,9H2,1-3H3. The van der Waals surface area contributed by atoms with Crippen LogP contribution in [0.25, 0.3) is 0 Å². The fraction of sp³-hybridized carbons (Fsp3) is 0.643. The Balaban J connectivity index is 2.96. The number of alkyl halides is 1. The summed E-state index contributed by atoms with van der Waals surface area (Å²) < 4.78 is 0. The molecule has 1 unspecified atom stereocenters. The lowest BCUT2D eigenvalue weighted by atomic mass is 10.2. The number of aromatic nitrogens is 1. The monoisotopic (exact) mass is 288 g/mol. The van der Waals surface area contributed by atoms with Crippen molar-refractivity contribution in [3.8, 4) is 0 Å². The molecule has 0 radical (unpaired) electrons. The van der Waals surface area contributed by atoms with E-state index in [4.69, 9.17) is 23.2 Å². The van der Waals surface area contributed by atoms with Crippen molar-refractivity contribution in [3.63, 3.8) is 0 Å². The quantitative estimate of drug-likeness (QED) is 0.665. The van der Waals surface area contributed by atoms with E-state index in [1.54, 1.807) is 0 Å². The fourth-order valence-corrected chi connectivity index (χ4v) is 2.28. The summed E-state index contributed by atoms with van der Waals surface area (Å²) in [6.07, 6.45) is 5.22. The van der Waals surface area contributed by atoms with Gasteiger partial charge in [0, 0.05) is 24.7 Å². The maximum Gasteiger partial charge on any atom is 0.147 e. The minimum atomic E-state index is 0.448. The lowest BCUT2D eigenvalue weighted by Crippen LogP contribution is -2.34. The fourth-order valence-electron chi connectivity index (χ4n) is 1.84. The first kappa shape index (κ1) is 15.6. The number of anilines is 1. The predicted molar refractivity (Wildman–Crippen MR) is 80.8 cm³/mol. The van der Waals surface area contributed by atoms with Gasteiger partial charge in [0.05, 0.1) is 5.02 Å². The number of halogens is 2. The molecule has 0 amide bonds. The van der Waals surface area contributed by atoms with Crippen LogP contribution in [0.1, 0.15) is 45.6 Å². The Morgan fingerprint density at radius 2 is 2.11 bits per heavy atom. The number of pyridine rings is 1. The van der Waals surface area contributed by atoms with Crippen LogP contribution >= 0.6 is 23.2 Å². The number of hydrogen-bond acceptors (Lipinski definition) is 2. The van der Waals surface area contributed by atoms with Gasteiger partial charge in [0.2, 0.25) is 0 Å². The van der Waals surface area contributed by atoms with Gasteiger partial charge in [-0.1, -0.05) is 31.9 Å². The first-order valence-electron chi connectivity index (χ1n) is 6.61. The van der Waals surface area contributed by atoms with Crippen molar-refractivity contribution in [2.75, 3.05) is 11.4 Å². The van der Waals surface area contributed by atoms with Crippen LogP contribution in [0.2, 0.25) is 5.02 Å². The predicted octanol–water partition coefficient (Wildman–Crippen LogP) is 4.88. The molecule has 0 fully saturated rings. The Morgan fingerprint density at radius 1 is 1.39 bits per heavy atom. The summed E-state index contributed by atoms with van der Waals surface area (Å²) in [6, 6.07) is 2.36. The lowest BCUT2D eigenvalue weighted by Gasteiger charge is -2.30. The van der Waals surface area contributed by atoms with E-state index in [1.165, 1.54) is 6.42 Å². The van der Waals surface area contributed by atoms with Crippen LogP contribution in [-0.4, -0.2) is 17.6 Å². The summed E-state index contributed by atoms with van der Waals surface area (Å²) in [5, 5.41) is 0.699. The Kier molecular flexibility index (Phi) is 6.80. The normalized spacial score (nSPS) is 12.5. The summed E-state index contributed by atoms with van der Waals surface area (Å²) in [6.45, 7) is 7.59. The zero-order valence-corrected chi connectivity index (χ0v) is 12.9. The SMILES string of the molecule is CCCCN(c1ncc(CCl)cc1Cl)C(C)CC. The Morgan fingerprint density at radius 3 is 2.61 bits per heavy atom. The first-order chi connectivity index (χ1) is 8.63. The van der Waals surface area contributed by atoms with E-state index in [1.807, 2.05) is 12.3 Å². The molecule has 0 aliphatic heterocycles. The average Bonchev–Trinajstić information content (AvgIpc) is 2.39. The molecule has 1 atom stereocenters. The van der Waals surface area contributed by atoms with Gasteiger partial charge in [-0.15, -0.1) is 11.6 Å². The van der Waals surface area contributed by atoms with E-state index in [0.717, 1.165) is 30.8 Å². The van der Waals surface area contributed by atoms with Crippen molar-refractivity contribution in [3.05, 3.63) is 22.8 Å². The summed E-state index contributed by atoms with van der Waals surface area (Å²) >= 11 is 12.1. The van der Waals surface area contributed by atoms with E-state index in [-0.39, 0.29) is 0 Å². The van der Waals surface area contributed by atoms with Gasteiger partial charge in [0.15, 0.2) is 0 Å². The second-order valence-electron chi connectivity index (χ2n) is 4.59. The third-order valence-electron chi connectivity index (χ3n) is 3.18. The number of hydrogen-bond donors (Lipinski definition) is 0. The smallest absolute Gasteiger partial charge is 0.147 e. The first-order valence-corrected chi connectivity index (χ1v) is 7.52. The molecule has 0 N–H and O–H groups in total. The van der Waals surface area contributed by atoms with Gasteiger partial charge in [0.25, 0.3) is 0 Å². The van der Waals surface area contributed by atoms with Crippen LogP contribution in [0.5, 0.6) is 0 Å². The summed E-state index contributed by atoms with van der Waals surface area (Å²) in [5.74, 6) is 1.33. The lowest BCUT2D eigenvalue weighted by molar-refractivity contribution is 0.589. The van der Waals surface area contributed by atoms with Gasteiger partial charge in [-0.25, -0.2) is 4.98 Å². The summed E-state index contributed by atoms with van der Waals surface area (Å²) in [4.78, 5) is 6.78. The zero-order valence-electron chi connectivity index (χ0n) is 11.4. The molecule has 1 heterocycles. The molecular formula is C14H22Cl2N2. The molecule has 0 aliphatic carbocycles. The van der Waals surface area contributed by atoms with Crippen molar-refractivity contribution >= 4 is 29.0 Å². The molecule has 18 heavy (non-hydrogen) atoms. The Bertz CT molecular complexity index is 369. The topological polar surface area (TPSA) is 16.1 Å². The Hall–Kier alpha value is -0.470. The van der Waals surface area contributed by atoms with Crippen molar-refractivity contribution in [2.45, 2.75) is 52.0 Å². The molecule has 0 bridgehead atoms. The molecule has 2 nitrogen and oxygen atoms in total. The molecule has 1 aromatic rings. The van der Waals surface area contributed by atoms with Crippen molar-refractivity contribution < 1.29 is 0 Å². The van der Waals surface area contributed by atoms with Crippen LogP contribution in [0, 0.1) is 0 Å². The van der Waals surface area contributed by atoms with Gasteiger partial charge in [-0.2, -0.15) is 0 Å². The van der Waals surface area contributed by atoms with E-state index >= 15 is 0 Å². The summed E-state index contributed by atoms with van der Waals surface area (Å²) in [5.41, 5.74) is 0.963. The molecule has 0 aromatic carbocycles. The summed E-state index contributed by atoms with van der Waals surface area (Å²) in [7, 11) is 0. The highest BCUT2D eigenvalue weighted by atomic mass is 35.5. The third-order valence-corrected chi connectivity index (χ3v) is 3.77. The second-order valence-corrected chi connectivity index (χ2v) is 5.26. The Labute approximate surface area is 120 Å². The van der Waals surface area contributed by atoms with Crippen LogP contribution < -0.4 is 4.90 Å². The van der Waals surface area contributed by atoms with Gasteiger partial charge in [0.1, 0.15) is 5.82 Å². The molecule has 0 saturated carbocycles. The number of rotatable bonds is 7. The molecule has 102 valence electrons. The highest BCUT2D eigenvalue weighted by Crippen LogP contribution is 2.27. The van der Waals surface area contributed by atoms with E-state index < -0.39 is 0 Å². The molecular weight excluding hydrogens is 267 g/mol. The maximum atomic E-state index is 6.32. The molecule has 0 aliphatic rings. The molecule has 0 spiro atoms. The maximum absolute atomic E-state index is 6.32. The van der Waals surface area contributed by atoms with Crippen LogP contribution in [0.4, 0.5) is 5.82 Å². The van der Waals surface area contributed by atoms with E-state index in [2.05, 4.69) is 30.7 Å². The van der Waals surface area contributed by atoms with Crippen molar-refractivity contribution in [1.29, 1.82) is 0 Å². The van der Waals surface area contributed by atoms with Crippen LogP contribution in [0.3, 0.4) is 0 Å². The number of unbranched alkanes of at least 4 members (excludes halogenated alkanes) is 1. The third kappa shape index (κ3) is 4.03. The molecule has 0 saturated heterocycles.